The van der Waals surface area contributed by atoms with Gasteiger partial charge in [-0.3, -0.25) is 0 Å². The van der Waals surface area contributed by atoms with Crippen molar-refractivity contribution in [1.82, 2.24) is 15.3 Å². The molecule has 9 nitrogen and oxygen atoms in total. The standard InChI is InChI=1S/C22H29F2N5O2.C2HF3O2/c1-14(13-30-2)26-21-22(28-18-5-8-25-12-19(18)27-21)29-9-6-16(7-10-29)31-20-4-3-15(23)11-17(20)24;3-2(4,5)1(6)7/h3-4,11,14,16,25H,5-10,12-13H2,1-2H3,(H,26,27);(H,6,7)/t14-;/m1./s1. The van der Waals surface area contributed by atoms with Gasteiger partial charge in [-0.2, -0.15) is 13.2 Å². The number of ether oxygens (including phenoxy) is 2. The Kier molecular flexibility index (Phi) is 10.0. The van der Waals surface area contributed by atoms with Crippen molar-refractivity contribution in [2.45, 2.75) is 51.1 Å². The topological polar surface area (TPSA) is 109 Å². The average Bonchev–Trinajstić information content (AvgIpc) is 2.86. The molecule has 1 fully saturated rings. The maximum Gasteiger partial charge on any atom is 0.490 e. The maximum absolute atomic E-state index is 13.9. The van der Waals surface area contributed by atoms with Crippen LogP contribution in [-0.2, 0) is 22.5 Å². The van der Waals surface area contributed by atoms with Crippen LogP contribution >= 0.6 is 0 Å². The number of hydrogen-bond acceptors (Lipinski definition) is 8. The zero-order valence-electron chi connectivity index (χ0n) is 20.9. The fourth-order valence-electron chi connectivity index (χ4n) is 4.03. The number of aromatic nitrogens is 2. The first-order valence-electron chi connectivity index (χ1n) is 12.0. The van der Waals surface area contributed by atoms with Crippen LogP contribution in [0.15, 0.2) is 18.2 Å². The van der Waals surface area contributed by atoms with Gasteiger partial charge in [-0.1, -0.05) is 0 Å². The number of methoxy groups -OCH3 is 1. The van der Waals surface area contributed by atoms with Gasteiger partial charge in [0.2, 0.25) is 0 Å². The molecule has 2 aromatic rings. The van der Waals surface area contributed by atoms with Crippen LogP contribution in [-0.4, -0.2) is 72.7 Å². The van der Waals surface area contributed by atoms with Crippen LogP contribution in [0, 0.1) is 11.6 Å². The van der Waals surface area contributed by atoms with E-state index in [-0.39, 0.29) is 17.9 Å². The number of aliphatic carboxylic acids is 1. The molecule has 2 aliphatic heterocycles. The predicted molar refractivity (Wildman–Crippen MR) is 128 cm³/mol. The molecule has 210 valence electrons. The fraction of sp³-hybridized carbons (Fsp3) is 0.542. The highest BCUT2D eigenvalue weighted by molar-refractivity contribution is 5.73. The lowest BCUT2D eigenvalue weighted by atomic mass is 10.1. The maximum atomic E-state index is 13.9. The van der Waals surface area contributed by atoms with Gasteiger partial charge in [0.15, 0.2) is 23.2 Å². The van der Waals surface area contributed by atoms with Crippen LogP contribution in [0.3, 0.4) is 0 Å². The first-order chi connectivity index (χ1) is 18.0. The summed E-state index contributed by atoms with van der Waals surface area (Å²) in [7, 11) is 1.68. The summed E-state index contributed by atoms with van der Waals surface area (Å²) in [4.78, 5) is 20.9. The smallest absolute Gasteiger partial charge is 0.487 e. The number of hydrogen-bond donors (Lipinski definition) is 3. The molecule has 0 unspecified atom stereocenters. The molecule has 1 atom stereocenters. The third-order valence-electron chi connectivity index (χ3n) is 5.83. The largest absolute Gasteiger partial charge is 0.490 e. The summed E-state index contributed by atoms with van der Waals surface area (Å²) >= 11 is 0. The average molecular weight is 548 g/mol. The number of carboxylic acid groups (broad SMARTS) is 1. The van der Waals surface area contributed by atoms with Gasteiger partial charge in [-0.05, 0) is 19.1 Å². The zero-order chi connectivity index (χ0) is 27.9. The molecule has 1 aromatic heterocycles. The Labute approximate surface area is 216 Å². The van der Waals surface area contributed by atoms with Crippen molar-refractivity contribution in [3.05, 3.63) is 41.2 Å². The molecular weight excluding hydrogens is 517 g/mol. The first kappa shape index (κ1) is 29.3. The number of nitrogens with zero attached hydrogens (tertiary/aromatic N) is 3. The summed E-state index contributed by atoms with van der Waals surface area (Å²) < 4.78 is 69.8. The minimum atomic E-state index is -5.08. The lowest BCUT2D eigenvalue weighted by Gasteiger charge is -2.34. The molecule has 0 aliphatic carbocycles. The lowest BCUT2D eigenvalue weighted by molar-refractivity contribution is -0.192. The highest BCUT2D eigenvalue weighted by Crippen LogP contribution is 2.30. The molecule has 1 saturated heterocycles. The number of anilines is 2. The molecule has 1 aromatic carbocycles. The number of carboxylic acids is 1. The summed E-state index contributed by atoms with van der Waals surface area (Å²) in [5.74, 6) is -2.34. The zero-order valence-corrected chi connectivity index (χ0v) is 20.9. The van der Waals surface area contributed by atoms with Crippen LogP contribution in [0.4, 0.5) is 33.6 Å². The van der Waals surface area contributed by atoms with Crippen LogP contribution in [0.5, 0.6) is 5.75 Å². The van der Waals surface area contributed by atoms with Crippen molar-refractivity contribution >= 4 is 17.6 Å². The third-order valence-corrected chi connectivity index (χ3v) is 5.83. The van der Waals surface area contributed by atoms with Gasteiger partial charge in [0.1, 0.15) is 11.9 Å². The Morgan fingerprint density at radius 2 is 1.92 bits per heavy atom. The van der Waals surface area contributed by atoms with Crippen LogP contribution < -0.4 is 20.3 Å². The second kappa shape index (κ2) is 13.0. The van der Waals surface area contributed by atoms with Crippen molar-refractivity contribution < 1.29 is 41.3 Å². The van der Waals surface area contributed by atoms with Gasteiger partial charge in [0.05, 0.1) is 18.0 Å². The van der Waals surface area contributed by atoms with Gasteiger partial charge in [-0.15, -0.1) is 0 Å². The second-order valence-corrected chi connectivity index (χ2v) is 8.90. The first-order valence-corrected chi connectivity index (χ1v) is 12.0. The fourth-order valence-corrected chi connectivity index (χ4v) is 4.03. The number of carbonyl (C=O) groups is 1. The van der Waals surface area contributed by atoms with E-state index in [9.17, 15) is 22.0 Å². The van der Waals surface area contributed by atoms with E-state index in [0.717, 1.165) is 48.6 Å². The number of fused-ring (bicyclic) bond motifs is 1. The van der Waals surface area contributed by atoms with Gasteiger partial charge in [0, 0.05) is 64.7 Å². The molecular formula is C24H30F5N5O4. The molecule has 3 N–H and O–H groups in total. The molecule has 4 rings (SSSR count). The number of alkyl halides is 3. The van der Waals surface area contributed by atoms with E-state index in [0.29, 0.717) is 32.5 Å². The summed E-state index contributed by atoms with van der Waals surface area (Å²) in [6.45, 7) is 5.65. The van der Waals surface area contributed by atoms with E-state index in [4.69, 9.17) is 29.3 Å². The third kappa shape index (κ3) is 8.12. The molecule has 2 aliphatic rings. The SMILES string of the molecule is COC[C@@H](C)Nc1nc2c(nc1N1CCC(Oc3ccc(F)cc3F)CC1)CCNC2.O=C(O)C(F)(F)F. The number of halogens is 5. The molecule has 38 heavy (non-hydrogen) atoms. The Balaban J connectivity index is 0.000000505. The number of piperidine rings is 1. The Bertz CT molecular complexity index is 1100. The van der Waals surface area contributed by atoms with E-state index in [1.165, 1.54) is 12.1 Å². The van der Waals surface area contributed by atoms with Gasteiger partial charge < -0.3 is 30.1 Å². The minimum absolute atomic E-state index is 0.0926. The van der Waals surface area contributed by atoms with Gasteiger partial charge in [0.25, 0.3) is 0 Å². The van der Waals surface area contributed by atoms with Crippen molar-refractivity contribution in [3.63, 3.8) is 0 Å². The summed E-state index contributed by atoms with van der Waals surface area (Å²) in [6.07, 6.45) is -2.93. The number of benzene rings is 1. The van der Waals surface area contributed by atoms with Crippen LogP contribution in [0.1, 0.15) is 31.2 Å². The predicted octanol–water partition coefficient (Wildman–Crippen LogP) is 3.53. The van der Waals surface area contributed by atoms with Crippen molar-refractivity contribution in [2.24, 2.45) is 0 Å². The van der Waals surface area contributed by atoms with Crippen LogP contribution in [0.2, 0.25) is 0 Å². The molecule has 0 saturated carbocycles. The summed E-state index contributed by atoms with van der Waals surface area (Å²) in [5.41, 5.74) is 2.01. The van der Waals surface area contributed by atoms with Gasteiger partial charge >= 0.3 is 12.1 Å². The quantitative estimate of drug-likeness (QED) is 0.449. The Hall–Kier alpha value is -3.26. The number of nitrogens with one attached hydrogen (secondary N) is 2. The van der Waals surface area contributed by atoms with E-state index in [1.54, 1.807) is 7.11 Å². The normalized spacial score (nSPS) is 16.7. The van der Waals surface area contributed by atoms with Crippen molar-refractivity contribution in [2.75, 3.05) is 43.6 Å². The molecule has 14 heteroatoms. The monoisotopic (exact) mass is 547 g/mol. The number of rotatable bonds is 7. The van der Waals surface area contributed by atoms with Crippen molar-refractivity contribution in [3.8, 4) is 5.75 Å². The molecule has 3 heterocycles. The minimum Gasteiger partial charge on any atom is -0.487 e. The van der Waals surface area contributed by atoms with Gasteiger partial charge in [-0.25, -0.2) is 23.5 Å². The van der Waals surface area contributed by atoms with Crippen LogP contribution in [0.25, 0.3) is 0 Å². The Morgan fingerprint density at radius 1 is 1.24 bits per heavy atom. The van der Waals surface area contributed by atoms with E-state index < -0.39 is 23.8 Å². The van der Waals surface area contributed by atoms with Crippen molar-refractivity contribution in [1.29, 1.82) is 0 Å². The molecule has 0 amide bonds. The molecule has 0 spiro atoms. The lowest BCUT2D eigenvalue weighted by Crippen LogP contribution is -2.40. The molecule has 0 bridgehead atoms. The highest BCUT2D eigenvalue weighted by Gasteiger charge is 2.38. The second-order valence-electron chi connectivity index (χ2n) is 8.90. The molecule has 0 radical (unpaired) electrons. The van der Waals surface area contributed by atoms with E-state index in [2.05, 4.69) is 15.5 Å². The Morgan fingerprint density at radius 3 is 2.53 bits per heavy atom. The van der Waals surface area contributed by atoms with E-state index in [1.807, 2.05) is 6.92 Å². The summed E-state index contributed by atoms with van der Waals surface area (Å²) in [6, 6.07) is 3.50. The highest BCUT2D eigenvalue weighted by atomic mass is 19.4. The summed E-state index contributed by atoms with van der Waals surface area (Å²) in [5, 5.41) is 13.9. The van der Waals surface area contributed by atoms with E-state index >= 15 is 0 Å².